The van der Waals surface area contributed by atoms with Crippen LogP contribution in [0.15, 0.2) is 69.5 Å². The standard InChI is InChI=1S/C33H36BrNO5/c1-6-35-23-14-32(2,3)16-25(36)29(23)28(30-24(35)15-33(4,5)17-26(30)37)21-11-12-27(22(34)13-21)40-18-19-7-9-20(10-8-19)31(38)39/h7-13,28H,6,14-18H2,1-5H3,(H,38,39). The third kappa shape index (κ3) is 5.28. The highest BCUT2D eigenvalue weighted by Crippen LogP contribution is 2.54. The van der Waals surface area contributed by atoms with Crippen molar-refractivity contribution < 1.29 is 24.2 Å². The lowest BCUT2D eigenvalue weighted by molar-refractivity contribution is -0.119. The molecule has 1 heterocycles. The van der Waals surface area contributed by atoms with Gasteiger partial charge in [-0.15, -0.1) is 0 Å². The van der Waals surface area contributed by atoms with Gasteiger partial charge in [-0.25, -0.2) is 4.79 Å². The first-order valence-electron chi connectivity index (χ1n) is 13.8. The molecule has 6 nitrogen and oxygen atoms in total. The summed E-state index contributed by atoms with van der Waals surface area (Å²) in [5.74, 6) is -0.478. The molecular formula is C33H36BrNO5. The van der Waals surface area contributed by atoms with Crippen LogP contribution < -0.4 is 4.74 Å². The fraction of sp³-hybridized carbons (Fsp3) is 0.424. The van der Waals surface area contributed by atoms with E-state index in [1.54, 1.807) is 24.3 Å². The minimum Gasteiger partial charge on any atom is -0.488 e. The minimum atomic E-state index is -0.966. The molecule has 7 heteroatoms. The van der Waals surface area contributed by atoms with E-state index in [9.17, 15) is 14.4 Å². The third-order valence-corrected chi connectivity index (χ3v) is 8.84. The van der Waals surface area contributed by atoms with Crippen LogP contribution in [0.1, 0.15) is 87.7 Å². The minimum absolute atomic E-state index is 0.125. The number of ether oxygens (including phenoxy) is 1. The topological polar surface area (TPSA) is 83.9 Å². The second-order valence-corrected chi connectivity index (χ2v) is 13.6. The molecule has 2 aromatic carbocycles. The molecule has 0 fully saturated rings. The summed E-state index contributed by atoms with van der Waals surface area (Å²) in [6, 6.07) is 12.4. The maximum Gasteiger partial charge on any atom is 0.335 e. The van der Waals surface area contributed by atoms with E-state index in [1.165, 1.54) is 0 Å². The number of carbonyl (C=O) groups excluding carboxylic acids is 2. The van der Waals surface area contributed by atoms with E-state index < -0.39 is 11.9 Å². The van der Waals surface area contributed by atoms with Crippen LogP contribution in [0.4, 0.5) is 0 Å². The van der Waals surface area contributed by atoms with E-state index in [2.05, 4.69) is 55.4 Å². The van der Waals surface area contributed by atoms with E-state index in [0.29, 0.717) is 18.6 Å². The van der Waals surface area contributed by atoms with Crippen LogP contribution in [0.2, 0.25) is 0 Å². The molecule has 1 N–H and O–H groups in total. The lowest BCUT2D eigenvalue weighted by atomic mass is 9.63. The fourth-order valence-corrected chi connectivity index (χ4v) is 6.99. The van der Waals surface area contributed by atoms with Crippen LogP contribution in [0.25, 0.3) is 0 Å². The fourth-order valence-electron chi connectivity index (χ4n) is 6.48. The normalized spacial score (nSPS) is 20.4. The zero-order valence-corrected chi connectivity index (χ0v) is 25.4. The Balaban J connectivity index is 1.53. The number of halogens is 1. The Kier molecular flexibility index (Phi) is 7.32. The van der Waals surface area contributed by atoms with Crippen molar-refractivity contribution in [3.8, 4) is 5.75 Å². The number of hydrogen-bond acceptors (Lipinski definition) is 5. The van der Waals surface area contributed by atoms with Gasteiger partial charge < -0.3 is 14.7 Å². The van der Waals surface area contributed by atoms with Crippen molar-refractivity contribution in [1.82, 2.24) is 4.90 Å². The number of benzene rings is 2. The average Bonchev–Trinajstić information content (AvgIpc) is 2.85. The number of carbonyl (C=O) groups is 3. The number of hydrogen-bond donors (Lipinski definition) is 1. The number of ketones is 2. The summed E-state index contributed by atoms with van der Waals surface area (Å²) in [5.41, 5.74) is 5.39. The Bertz CT molecular complexity index is 1410. The Morgan fingerprint density at radius 3 is 1.95 bits per heavy atom. The second-order valence-electron chi connectivity index (χ2n) is 12.8. The molecule has 40 heavy (non-hydrogen) atoms. The number of rotatable bonds is 6. The monoisotopic (exact) mass is 605 g/mol. The van der Waals surface area contributed by atoms with E-state index in [0.717, 1.165) is 57.5 Å². The summed E-state index contributed by atoms with van der Waals surface area (Å²) in [5, 5.41) is 9.12. The predicted molar refractivity (Wildman–Crippen MR) is 157 cm³/mol. The number of nitrogens with zero attached hydrogens (tertiary/aromatic N) is 1. The highest BCUT2D eigenvalue weighted by atomic mass is 79.9. The molecule has 3 aliphatic rings. The molecule has 0 radical (unpaired) electrons. The Hall–Kier alpha value is -3.19. The van der Waals surface area contributed by atoms with Gasteiger partial charge >= 0.3 is 5.97 Å². The number of Topliss-reactive ketones (excluding diaryl/α,β-unsaturated/α-hetero) is 2. The van der Waals surface area contributed by atoms with Gasteiger partial charge in [0.25, 0.3) is 0 Å². The van der Waals surface area contributed by atoms with Gasteiger partial charge in [-0.05, 0) is 81.9 Å². The maximum absolute atomic E-state index is 13.8. The summed E-state index contributed by atoms with van der Waals surface area (Å²) in [6.45, 7) is 11.7. The Morgan fingerprint density at radius 1 is 0.925 bits per heavy atom. The largest absolute Gasteiger partial charge is 0.488 e. The maximum atomic E-state index is 13.8. The summed E-state index contributed by atoms with van der Waals surface area (Å²) >= 11 is 3.67. The van der Waals surface area contributed by atoms with Gasteiger partial charge in [-0.1, -0.05) is 45.9 Å². The van der Waals surface area contributed by atoms with Crippen molar-refractivity contribution in [3.05, 3.63) is 86.2 Å². The van der Waals surface area contributed by atoms with Gasteiger partial charge in [0, 0.05) is 47.8 Å². The number of carboxylic acids is 1. The van der Waals surface area contributed by atoms with Gasteiger partial charge in [0.15, 0.2) is 11.6 Å². The number of aromatic carboxylic acids is 1. The van der Waals surface area contributed by atoms with Gasteiger partial charge in [-0.2, -0.15) is 0 Å². The highest BCUT2D eigenvalue weighted by molar-refractivity contribution is 9.10. The SMILES string of the molecule is CCN1C2=C(C(=O)CC(C)(C)C2)C(c2ccc(OCc3ccc(C(=O)O)cc3)c(Br)c2)C2=C1CC(C)(C)CC2=O. The molecule has 0 bridgehead atoms. The first-order valence-corrected chi connectivity index (χ1v) is 14.6. The molecular weight excluding hydrogens is 570 g/mol. The van der Waals surface area contributed by atoms with E-state index in [4.69, 9.17) is 9.84 Å². The lowest BCUT2D eigenvalue weighted by Crippen LogP contribution is -2.44. The van der Waals surface area contributed by atoms with Crippen molar-refractivity contribution in [2.75, 3.05) is 6.54 Å². The van der Waals surface area contributed by atoms with Crippen LogP contribution in [0.3, 0.4) is 0 Å². The first-order chi connectivity index (χ1) is 18.8. The molecule has 2 aromatic rings. The lowest BCUT2D eigenvalue weighted by Gasteiger charge is -2.48. The molecule has 1 aliphatic heterocycles. The Morgan fingerprint density at radius 2 is 1.48 bits per heavy atom. The zero-order valence-electron chi connectivity index (χ0n) is 23.8. The molecule has 0 atom stereocenters. The molecule has 0 spiro atoms. The summed E-state index contributed by atoms with van der Waals surface area (Å²) < 4.78 is 6.79. The molecule has 0 unspecified atom stereocenters. The van der Waals surface area contributed by atoms with Gasteiger partial charge in [0.05, 0.1) is 10.0 Å². The highest BCUT2D eigenvalue weighted by Gasteiger charge is 2.48. The van der Waals surface area contributed by atoms with E-state index in [-0.39, 0.29) is 34.6 Å². The van der Waals surface area contributed by atoms with Crippen molar-refractivity contribution in [3.63, 3.8) is 0 Å². The van der Waals surface area contributed by atoms with Crippen LogP contribution in [0.5, 0.6) is 5.75 Å². The van der Waals surface area contributed by atoms with Crippen LogP contribution in [0, 0.1) is 10.8 Å². The second kappa shape index (κ2) is 10.3. The molecule has 5 rings (SSSR count). The number of allylic oxidation sites excluding steroid dienone is 4. The summed E-state index contributed by atoms with van der Waals surface area (Å²) in [7, 11) is 0. The first kappa shape index (κ1) is 28.3. The van der Waals surface area contributed by atoms with Gasteiger partial charge in [-0.3, -0.25) is 9.59 Å². The third-order valence-electron chi connectivity index (χ3n) is 8.22. The predicted octanol–water partition coefficient (Wildman–Crippen LogP) is 7.43. The molecule has 0 amide bonds. The average molecular weight is 607 g/mol. The van der Waals surface area contributed by atoms with Crippen molar-refractivity contribution >= 4 is 33.5 Å². The van der Waals surface area contributed by atoms with Crippen molar-refractivity contribution in [2.45, 2.75) is 72.8 Å². The van der Waals surface area contributed by atoms with Gasteiger partial charge in [0.2, 0.25) is 0 Å². The number of carboxylic acid groups (broad SMARTS) is 1. The summed E-state index contributed by atoms with van der Waals surface area (Å²) in [6.07, 6.45) is 2.52. The van der Waals surface area contributed by atoms with Crippen molar-refractivity contribution in [1.29, 1.82) is 0 Å². The molecule has 0 saturated carbocycles. The Labute approximate surface area is 244 Å². The van der Waals surface area contributed by atoms with Gasteiger partial charge in [0.1, 0.15) is 12.4 Å². The zero-order chi connectivity index (χ0) is 29.0. The van der Waals surface area contributed by atoms with Crippen LogP contribution >= 0.6 is 15.9 Å². The van der Waals surface area contributed by atoms with E-state index in [1.807, 2.05) is 18.2 Å². The molecule has 0 aromatic heterocycles. The van der Waals surface area contributed by atoms with Crippen molar-refractivity contribution in [2.24, 2.45) is 10.8 Å². The van der Waals surface area contributed by atoms with Crippen LogP contribution in [-0.4, -0.2) is 34.1 Å². The van der Waals surface area contributed by atoms with Crippen LogP contribution in [-0.2, 0) is 16.2 Å². The molecule has 2 aliphatic carbocycles. The smallest absolute Gasteiger partial charge is 0.335 e. The van der Waals surface area contributed by atoms with E-state index >= 15 is 0 Å². The summed E-state index contributed by atoms with van der Waals surface area (Å²) in [4.78, 5) is 41.0. The molecule has 210 valence electrons. The quantitative estimate of drug-likeness (QED) is 0.368. The molecule has 0 saturated heterocycles.